The maximum Gasteiger partial charge on any atom is 0.144 e. The molecular formula is C9H13ClN2OS2. The Morgan fingerprint density at radius 2 is 2.20 bits per heavy atom. The van der Waals surface area contributed by atoms with E-state index >= 15 is 0 Å². The normalized spacial score (nSPS) is 15.5. The van der Waals surface area contributed by atoms with Gasteiger partial charge in [0.2, 0.25) is 0 Å². The van der Waals surface area contributed by atoms with E-state index in [2.05, 4.69) is 9.38 Å². The van der Waals surface area contributed by atoms with E-state index in [0.29, 0.717) is 10.9 Å². The average Bonchev–Trinajstić information content (AvgIpc) is 2.50. The van der Waals surface area contributed by atoms with Crippen molar-refractivity contribution in [2.75, 3.05) is 0 Å². The first-order chi connectivity index (χ1) is 6.80. The van der Waals surface area contributed by atoms with Gasteiger partial charge in [0.15, 0.2) is 0 Å². The number of aromatic nitrogens is 1. The van der Waals surface area contributed by atoms with Crippen LogP contribution in [-0.4, -0.2) is 20.0 Å². The van der Waals surface area contributed by atoms with Crippen molar-refractivity contribution in [3.05, 3.63) is 15.5 Å². The molecule has 1 heterocycles. The first-order valence-corrected chi connectivity index (χ1v) is 6.76. The molecule has 1 aromatic rings. The molecule has 0 bridgehead atoms. The highest BCUT2D eigenvalue weighted by atomic mass is 35.5. The minimum absolute atomic E-state index is 0.345. The van der Waals surface area contributed by atoms with Crippen LogP contribution in [0.1, 0.15) is 32.7 Å². The number of halogens is 1. The molecule has 1 aromatic heterocycles. The van der Waals surface area contributed by atoms with Crippen molar-refractivity contribution in [2.24, 2.45) is 4.40 Å². The van der Waals surface area contributed by atoms with Crippen LogP contribution in [0.3, 0.4) is 0 Å². The van der Waals surface area contributed by atoms with Gasteiger partial charge in [-0.3, -0.25) is 0 Å². The van der Waals surface area contributed by atoms with Gasteiger partial charge in [-0.2, -0.15) is 0 Å². The molecule has 1 rings (SSSR count). The molecule has 0 aliphatic rings. The molecule has 0 saturated carbocycles. The maximum absolute atomic E-state index is 11.7. The second-order valence-corrected chi connectivity index (χ2v) is 7.16. The van der Waals surface area contributed by atoms with Crippen molar-refractivity contribution in [3.8, 4) is 0 Å². The van der Waals surface area contributed by atoms with Gasteiger partial charge >= 0.3 is 0 Å². The first-order valence-electron chi connectivity index (χ1n) is 4.39. The lowest BCUT2D eigenvalue weighted by Crippen LogP contribution is -2.26. The van der Waals surface area contributed by atoms with E-state index in [0.717, 1.165) is 5.01 Å². The summed E-state index contributed by atoms with van der Waals surface area (Å²) in [4.78, 5) is 4.06. The van der Waals surface area contributed by atoms with Crippen LogP contribution in [0.4, 0.5) is 0 Å². The van der Waals surface area contributed by atoms with Crippen molar-refractivity contribution in [2.45, 2.75) is 32.4 Å². The molecule has 0 aliphatic carbocycles. The van der Waals surface area contributed by atoms with Crippen LogP contribution in [0, 0.1) is 0 Å². The molecule has 15 heavy (non-hydrogen) atoms. The van der Waals surface area contributed by atoms with Gasteiger partial charge in [-0.15, -0.1) is 11.3 Å². The van der Waals surface area contributed by atoms with Crippen LogP contribution in [0.25, 0.3) is 0 Å². The fourth-order valence-electron chi connectivity index (χ4n) is 0.721. The number of hydrogen-bond acceptors (Lipinski definition) is 4. The van der Waals surface area contributed by atoms with Gasteiger partial charge < -0.3 is 4.55 Å². The minimum Gasteiger partial charge on any atom is -0.591 e. The van der Waals surface area contributed by atoms with Crippen molar-refractivity contribution in [1.29, 1.82) is 0 Å². The molecule has 0 aromatic carbocycles. The molecule has 6 heteroatoms. The summed E-state index contributed by atoms with van der Waals surface area (Å²) in [5.41, 5.74) is 0.667. The summed E-state index contributed by atoms with van der Waals surface area (Å²) in [6.45, 7) is 7.44. The molecule has 1 atom stereocenters. The molecule has 0 aliphatic heterocycles. The van der Waals surface area contributed by atoms with E-state index in [1.165, 1.54) is 11.3 Å². The van der Waals surface area contributed by atoms with E-state index in [1.807, 2.05) is 20.8 Å². The van der Waals surface area contributed by atoms with E-state index < -0.39 is 11.4 Å². The third kappa shape index (κ3) is 3.75. The fraction of sp³-hybridized carbons (Fsp3) is 0.556. The van der Waals surface area contributed by atoms with Crippen LogP contribution in [0.15, 0.2) is 9.78 Å². The van der Waals surface area contributed by atoms with Crippen LogP contribution >= 0.6 is 22.9 Å². The molecule has 3 nitrogen and oxygen atoms in total. The zero-order chi connectivity index (χ0) is 11.6. The molecule has 84 valence electrons. The SMILES string of the molecule is CC(=N[S+]([O-])C(C)(C)C)c1nc(Cl)cs1. The molecule has 0 amide bonds. The zero-order valence-corrected chi connectivity index (χ0v) is 11.5. The predicted molar refractivity (Wildman–Crippen MR) is 67.2 cm³/mol. The zero-order valence-electron chi connectivity index (χ0n) is 9.07. The summed E-state index contributed by atoms with van der Waals surface area (Å²) in [6, 6.07) is 0. The Kier molecular flexibility index (Phi) is 4.17. The Morgan fingerprint density at radius 3 is 2.60 bits per heavy atom. The number of nitrogens with zero attached hydrogens (tertiary/aromatic N) is 2. The lowest BCUT2D eigenvalue weighted by atomic mass is 10.3. The standard InChI is InChI=1S/C9H13ClN2OS2/c1-6(8-11-7(10)5-14-8)12-15(13)9(2,3)4/h5H,1-4H3. The highest BCUT2D eigenvalue weighted by Gasteiger charge is 2.27. The smallest absolute Gasteiger partial charge is 0.144 e. The van der Waals surface area contributed by atoms with Gasteiger partial charge in [0.1, 0.15) is 32.0 Å². The summed E-state index contributed by atoms with van der Waals surface area (Å²) in [6.07, 6.45) is 0. The Bertz CT molecular complexity index is 370. The van der Waals surface area contributed by atoms with E-state index in [-0.39, 0.29) is 4.75 Å². The third-order valence-corrected chi connectivity index (χ3v) is 4.29. The van der Waals surface area contributed by atoms with E-state index in [1.54, 1.807) is 12.3 Å². The van der Waals surface area contributed by atoms with Gasteiger partial charge in [0, 0.05) is 5.38 Å². The molecular weight excluding hydrogens is 252 g/mol. The summed E-state index contributed by atoms with van der Waals surface area (Å²) in [5.74, 6) is 0. The highest BCUT2D eigenvalue weighted by Crippen LogP contribution is 2.20. The largest absolute Gasteiger partial charge is 0.591 e. The topological polar surface area (TPSA) is 48.3 Å². The van der Waals surface area contributed by atoms with Crippen LogP contribution in [0.2, 0.25) is 5.15 Å². The minimum atomic E-state index is -1.25. The van der Waals surface area contributed by atoms with Crippen molar-refractivity contribution in [1.82, 2.24) is 4.98 Å². The van der Waals surface area contributed by atoms with Gasteiger partial charge in [0.05, 0.1) is 0 Å². The molecule has 1 unspecified atom stereocenters. The van der Waals surface area contributed by atoms with Gasteiger partial charge in [-0.1, -0.05) is 16.0 Å². The lowest BCUT2D eigenvalue weighted by molar-refractivity contribution is 0.561. The summed E-state index contributed by atoms with van der Waals surface area (Å²) < 4.78 is 15.5. The molecule has 0 fully saturated rings. The second kappa shape index (κ2) is 4.82. The second-order valence-electron chi connectivity index (χ2n) is 4.01. The third-order valence-electron chi connectivity index (χ3n) is 1.53. The van der Waals surface area contributed by atoms with Crippen LogP contribution in [0.5, 0.6) is 0 Å². The Labute approximate surface area is 102 Å². The maximum atomic E-state index is 11.7. The van der Waals surface area contributed by atoms with Crippen LogP contribution < -0.4 is 0 Å². The number of thiazole rings is 1. The molecule has 0 saturated heterocycles. The highest BCUT2D eigenvalue weighted by molar-refractivity contribution is 7.91. The monoisotopic (exact) mass is 264 g/mol. The summed E-state index contributed by atoms with van der Waals surface area (Å²) >= 11 is 5.85. The van der Waals surface area contributed by atoms with Crippen LogP contribution in [-0.2, 0) is 11.4 Å². The summed E-state index contributed by atoms with van der Waals surface area (Å²) in [5, 5.41) is 2.90. The van der Waals surface area contributed by atoms with Gasteiger partial charge in [-0.25, -0.2) is 4.98 Å². The van der Waals surface area contributed by atoms with Crippen molar-refractivity contribution < 1.29 is 4.55 Å². The molecule has 0 radical (unpaired) electrons. The predicted octanol–water partition coefficient (Wildman–Crippen LogP) is 3.07. The Hall–Kier alpha value is -0.100. The fourth-order valence-corrected chi connectivity index (χ4v) is 2.28. The van der Waals surface area contributed by atoms with E-state index in [9.17, 15) is 4.55 Å². The first kappa shape index (κ1) is 13.0. The van der Waals surface area contributed by atoms with E-state index in [4.69, 9.17) is 11.6 Å². The van der Waals surface area contributed by atoms with Crippen molar-refractivity contribution >= 4 is 40.0 Å². The average molecular weight is 265 g/mol. The molecule has 0 N–H and O–H groups in total. The van der Waals surface area contributed by atoms with Crippen molar-refractivity contribution in [3.63, 3.8) is 0 Å². The quantitative estimate of drug-likeness (QED) is 0.609. The van der Waals surface area contributed by atoms with Gasteiger partial charge in [0.25, 0.3) is 0 Å². The number of hydrogen-bond donors (Lipinski definition) is 0. The molecule has 0 spiro atoms. The number of rotatable bonds is 2. The summed E-state index contributed by atoms with van der Waals surface area (Å²) in [7, 11) is 0. The lowest BCUT2D eigenvalue weighted by Gasteiger charge is -2.18. The Balaban J connectivity index is 2.85. The Morgan fingerprint density at radius 1 is 1.60 bits per heavy atom. The van der Waals surface area contributed by atoms with Gasteiger partial charge in [-0.05, 0) is 27.7 Å².